The minimum atomic E-state index is 0.152. The lowest BCUT2D eigenvalue weighted by molar-refractivity contribution is 0.196. The number of fused-ring (bicyclic) bond motifs is 1. The van der Waals surface area contributed by atoms with Crippen LogP contribution in [-0.4, -0.2) is 19.5 Å². The van der Waals surface area contributed by atoms with Gasteiger partial charge in [0.1, 0.15) is 5.58 Å². The Labute approximate surface area is 232 Å². The van der Waals surface area contributed by atoms with Crippen molar-refractivity contribution in [1.29, 1.82) is 0 Å². The summed E-state index contributed by atoms with van der Waals surface area (Å²) in [6, 6.07) is 6.30. The molecule has 212 valence electrons. The van der Waals surface area contributed by atoms with E-state index in [0.717, 1.165) is 30.8 Å². The van der Waals surface area contributed by atoms with E-state index in [-0.39, 0.29) is 5.41 Å². The van der Waals surface area contributed by atoms with E-state index in [1.807, 2.05) is 80.7 Å². The summed E-state index contributed by atoms with van der Waals surface area (Å²) < 4.78 is 10.5. The minimum Gasteiger partial charge on any atom is -0.464 e. The molecule has 2 rings (SSSR count). The average Bonchev–Trinajstić information content (AvgIpc) is 3.33. The number of methoxy groups -OCH3 is 1. The second-order valence-electron chi connectivity index (χ2n) is 7.66. The summed E-state index contributed by atoms with van der Waals surface area (Å²) in [4.78, 5) is 0. The van der Waals surface area contributed by atoms with Gasteiger partial charge in [-0.3, -0.25) is 0 Å². The van der Waals surface area contributed by atoms with E-state index in [1.165, 1.54) is 16.5 Å². The summed E-state index contributed by atoms with van der Waals surface area (Å²) in [6.45, 7) is 30.8. The molecule has 0 aliphatic heterocycles. The number of furan rings is 1. The van der Waals surface area contributed by atoms with Gasteiger partial charge in [-0.2, -0.15) is 12.6 Å². The first-order valence-electron chi connectivity index (χ1n) is 13.7. The van der Waals surface area contributed by atoms with Gasteiger partial charge in [0, 0.05) is 24.7 Å². The maximum Gasteiger partial charge on any atom is 0.137 e. The monoisotopic (exact) mass is 522 g/mol. The molecule has 0 spiro atoms. The summed E-state index contributed by atoms with van der Waals surface area (Å²) in [5, 5.41) is 1.25. The Hall–Kier alpha value is -1.71. The molecular formula is C33H62O2S. The van der Waals surface area contributed by atoms with Gasteiger partial charge in [-0.25, -0.2) is 0 Å². The molecule has 0 aliphatic carbocycles. The Morgan fingerprint density at radius 2 is 1.50 bits per heavy atom. The van der Waals surface area contributed by atoms with Crippen LogP contribution in [0.4, 0.5) is 0 Å². The molecule has 1 heterocycles. The molecule has 2 nitrogen and oxygen atoms in total. The molecule has 0 fully saturated rings. The number of ether oxygens (including phenoxy) is 1. The van der Waals surface area contributed by atoms with Gasteiger partial charge in [-0.05, 0) is 50.3 Å². The Morgan fingerprint density at radius 1 is 1.00 bits per heavy atom. The van der Waals surface area contributed by atoms with Gasteiger partial charge in [-0.15, -0.1) is 6.58 Å². The summed E-state index contributed by atoms with van der Waals surface area (Å²) in [5.74, 6) is 0.944. The SMILES string of the molecule is C/C=C/C=C\CCCOC.C=CC.CC.CC.CC.CCS.Cc1cccc2c(C(C)(C)C)coc12. The second kappa shape index (κ2) is 35.5. The number of benzene rings is 1. The van der Waals surface area contributed by atoms with Gasteiger partial charge in [0.05, 0.1) is 6.26 Å². The van der Waals surface area contributed by atoms with Crippen LogP contribution in [0.2, 0.25) is 0 Å². The quantitative estimate of drug-likeness (QED) is 0.182. The van der Waals surface area contributed by atoms with Crippen LogP contribution in [0.15, 0.2) is 65.8 Å². The van der Waals surface area contributed by atoms with Crippen molar-refractivity contribution >= 4 is 23.6 Å². The highest BCUT2D eigenvalue weighted by Crippen LogP contribution is 2.32. The van der Waals surface area contributed by atoms with Crippen LogP contribution in [0.5, 0.6) is 0 Å². The predicted octanol–water partition coefficient (Wildman–Crippen LogP) is 11.8. The number of aryl methyl sites for hydroxylation is 1. The van der Waals surface area contributed by atoms with E-state index < -0.39 is 0 Å². The van der Waals surface area contributed by atoms with Crippen molar-refractivity contribution < 1.29 is 9.15 Å². The number of rotatable bonds is 5. The highest BCUT2D eigenvalue weighted by molar-refractivity contribution is 7.80. The topological polar surface area (TPSA) is 22.4 Å². The third-order valence-corrected chi connectivity index (χ3v) is 3.76. The van der Waals surface area contributed by atoms with Gasteiger partial charge in [0.25, 0.3) is 0 Å². The van der Waals surface area contributed by atoms with Crippen molar-refractivity contribution in [3.05, 3.63) is 72.5 Å². The molecule has 1 aromatic carbocycles. The highest BCUT2D eigenvalue weighted by Gasteiger charge is 2.19. The van der Waals surface area contributed by atoms with Crippen LogP contribution in [-0.2, 0) is 10.2 Å². The molecule has 0 bridgehead atoms. The van der Waals surface area contributed by atoms with E-state index in [1.54, 1.807) is 13.2 Å². The van der Waals surface area contributed by atoms with Crippen LogP contribution >= 0.6 is 12.6 Å². The third kappa shape index (κ3) is 26.9. The molecule has 0 saturated heterocycles. The number of para-hydroxylation sites is 1. The van der Waals surface area contributed by atoms with E-state index in [2.05, 4.69) is 77.3 Å². The fourth-order valence-corrected chi connectivity index (χ4v) is 2.41. The van der Waals surface area contributed by atoms with Crippen LogP contribution in [0.1, 0.15) is 107 Å². The van der Waals surface area contributed by atoms with Crippen molar-refractivity contribution in [3.63, 3.8) is 0 Å². The zero-order chi connectivity index (χ0) is 29.4. The lowest BCUT2D eigenvalue weighted by atomic mass is 9.87. The summed E-state index contributed by atoms with van der Waals surface area (Å²) in [6.07, 6.45) is 14.1. The second-order valence-corrected chi connectivity index (χ2v) is 8.30. The van der Waals surface area contributed by atoms with E-state index in [4.69, 9.17) is 9.15 Å². The number of hydrogen-bond acceptors (Lipinski definition) is 3. The smallest absolute Gasteiger partial charge is 0.137 e. The molecule has 0 aliphatic rings. The van der Waals surface area contributed by atoms with Gasteiger partial charge >= 0.3 is 0 Å². The van der Waals surface area contributed by atoms with Gasteiger partial charge in [-0.1, -0.05) is 118 Å². The van der Waals surface area contributed by atoms with E-state index >= 15 is 0 Å². The van der Waals surface area contributed by atoms with Crippen molar-refractivity contribution in [2.45, 2.75) is 108 Å². The lowest BCUT2D eigenvalue weighted by Crippen LogP contribution is -2.09. The zero-order valence-electron chi connectivity index (χ0n) is 26.5. The predicted molar refractivity (Wildman–Crippen MR) is 174 cm³/mol. The molecule has 2 aromatic rings. The molecule has 0 saturated carbocycles. The largest absolute Gasteiger partial charge is 0.464 e. The first-order valence-corrected chi connectivity index (χ1v) is 14.3. The van der Waals surface area contributed by atoms with E-state index in [9.17, 15) is 0 Å². The number of unbranched alkanes of at least 4 members (excludes halogenated alkanes) is 1. The molecule has 0 atom stereocenters. The average molecular weight is 523 g/mol. The highest BCUT2D eigenvalue weighted by atomic mass is 32.1. The normalized spacial score (nSPS) is 9.42. The first-order chi connectivity index (χ1) is 17.2. The molecule has 0 amide bonds. The maximum absolute atomic E-state index is 5.61. The number of allylic oxidation sites excluding steroid dienone is 5. The van der Waals surface area contributed by atoms with Crippen LogP contribution in [0.25, 0.3) is 11.0 Å². The Balaban J connectivity index is -0.000000128. The molecule has 36 heavy (non-hydrogen) atoms. The standard InChI is InChI=1S/C13H16O.C9H16O.C3H6.C2H6S.3C2H6/c1-9-6-5-7-10-11(13(2,3)4)8-14-12(9)10;1-3-4-5-6-7-8-9-10-2;1-3-2;1-2-3;3*1-2/h5-8H,1-4H3;3-6H,7-9H2,1-2H3;3H,1H2,2H3;3H,2H2,1H3;3*1-2H3/b;4-3+,6-5-;;;;;. The number of hydrogen-bond donors (Lipinski definition) is 1. The fourth-order valence-electron chi connectivity index (χ4n) is 2.41. The number of thiol groups is 1. The molecular weight excluding hydrogens is 460 g/mol. The van der Waals surface area contributed by atoms with Crippen molar-refractivity contribution in [2.75, 3.05) is 19.5 Å². The minimum absolute atomic E-state index is 0.152. The molecule has 1 aromatic heterocycles. The summed E-state index contributed by atoms with van der Waals surface area (Å²) in [7, 11) is 1.73. The zero-order valence-corrected chi connectivity index (χ0v) is 27.4. The lowest BCUT2D eigenvalue weighted by Gasteiger charge is -2.16. The van der Waals surface area contributed by atoms with Crippen LogP contribution in [0.3, 0.4) is 0 Å². The van der Waals surface area contributed by atoms with Crippen molar-refractivity contribution in [2.24, 2.45) is 0 Å². The Bertz CT molecular complexity index is 719. The molecule has 0 N–H and O–H groups in total. The van der Waals surface area contributed by atoms with E-state index in [0.29, 0.717) is 0 Å². The van der Waals surface area contributed by atoms with Gasteiger partial charge in [0.15, 0.2) is 0 Å². The molecule has 0 unspecified atom stereocenters. The van der Waals surface area contributed by atoms with Gasteiger partial charge in [0.2, 0.25) is 0 Å². The van der Waals surface area contributed by atoms with Crippen LogP contribution in [0, 0.1) is 6.92 Å². The maximum atomic E-state index is 5.61. The summed E-state index contributed by atoms with van der Waals surface area (Å²) in [5.41, 5.74) is 3.67. The van der Waals surface area contributed by atoms with Crippen molar-refractivity contribution in [3.8, 4) is 0 Å². The Morgan fingerprint density at radius 3 is 1.92 bits per heavy atom. The van der Waals surface area contributed by atoms with Gasteiger partial charge < -0.3 is 9.15 Å². The fraction of sp³-hybridized carbons (Fsp3) is 0.576. The molecule has 0 radical (unpaired) electrons. The van der Waals surface area contributed by atoms with Crippen molar-refractivity contribution in [1.82, 2.24) is 0 Å². The Kier molecular flexibility index (Phi) is 43.6. The third-order valence-electron chi connectivity index (χ3n) is 3.76. The van der Waals surface area contributed by atoms with Crippen LogP contribution < -0.4 is 0 Å². The first kappa shape index (κ1) is 44.3. The summed E-state index contributed by atoms with van der Waals surface area (Å²) >= 11 is 3.79. The molecule has 3 heteroatoms.